The van der Waals surface area contributed by atoms with Crippen molar-refractivity contribution in [1.29, 1.82) is 0 Å². The topological polar surface area (TPSA) is 71.1 Å². The Morgan fingerprint density at radius 3 is 2.60 bits per heavy atom. The molecule has 0 bridgehead atoms. The lowest BCUT2D eigenvalue weighted by Gasteiger charge is -2.08. The van der Waals surface area contributed by atoms with Gasteiger partial charge >= 0.3 is 0 Å². The fraction of sp³-hybridized carbons (Fsp3) is 0.278. The second-order valence-corrected chi connectivity index (χ2v) is 5.47. The van der Waals surface area contributed by atoms with Gasteiger partial charge < -0.3 is 10.6 Å². The number of pyridine rings is 1. The molecule has 0 saturated heterocycles. The van der Waals surface area contributed by atoms with Crippen molar-refractivity contribution in [2.45, 2.75) is 26.2 Å². The minimum Gasteiger partial charge on any atom is -0.352 e. The number of anilines is 1. The van der Waals surface area contributed by atoms with Gasteiger partial charge in [-0.3, -0.25) is 14.6 Å². The lowest BCUT2D eigenvalue weighted by molar-refractivity contribution is 0.0953. The van der Waals surface area contributed by atoms with E-state index in [4.69, 9.17) is 0 Å². The van der Waals surface area contributed by atoms with Crippen LogP contribution in [0.5, 0.6) is 0 Å². The number of rotatable bonds is 7. The number of aromatic nitrogens is 1. The van der Waals surface area contributed by atoms with Gasteiger partial charge in [0.05, 0.1) is 5.69 Å². The van der Waals surface area contributed by atoms with Crippen LogP contribution in [0.25, 0.3) is 0 Å². The summed E-state index contributed by atoms with van der Waals surface area (Å²) < 4.78 is 26.5. The van der Waals surface area contributed by atoms with Crippen LogP contribution < -0.4 is 10.6 Å². The van der Waals surface area contributed by atoms with Crippen LogP contribution >= 0.6 is 0 Å². The summed E-state index contributed by atoms with van der Waals surface area (Å²) in [6, 6.07) is 5.64. The Balaban J connectivity index is 2.04. The Labute approximate surface area is 144 Å². The molecular formula is C18H19F2N3O2. The summed E-state index contributed by atoms with van der Waals surface area (Å²) in [7, 11) is 0. The maximum absolute atomic E-state index is 13.6. The van der Waals surface area contributed by atoms with Crippen LogP contribution in [0.15, 0.2) is 36.5 Å². The van der Waals surface area contributed by atoms with Crippen molar-refractivity contribution < 1.29 is 18.4 Å². The summed E-state index contributed by atoms with van der Waals surface area (Å²) in [5, 5.41) is 5.07. The van der Waals surface area contributed by atoms with Gasteiger partial charge in [-0.1, -0.05) is 19.8 Å². The molecule has 0 fully saturated rings. The van der Waals surface area contributed by atoms with Crippen molar-refractivity contribution in [3.8, 4) is 0 Å². The largest absolute Gasteiger partial charge is 0.352 e. The van der Waals surface area contributed by atoms with Crippen LogP contribution in [0.4, 0.5) is 14.5 Å². The third-order valence-corrected chi connectivity index (χ3v) is 3.50. The summed E-state index contributed by atoms with van der Waals surface area (Å²) in [6.07, 6.45) is 4.28. The van der Waals surface area contributed by atoms with E-state index in [9.17, 15) is 18.4 Å². The summed E-state index contributed by atoms with van der Waals surface area (Å²) in [4.78, 5) is 28.1. The zero-order valence-electron chi connectivity index (χ0n) is 13.8. The Hall–Kier alpha value is -2.83. The first kappa shape index (κ1) is 18.5. The van der Waals surface area contributed by atoms with Crippen LogP contribution in [0.3, 0.4) is 0 Å². The Morgan fingerprint density at radius 1 is 1.08 bits per heavy atom. The number of hydrogen-bond acceptors (Lipinski definition) is 3. The van der Waals surface area contributed by atoms with Gasteiger partial charge in [0.2, 0.25) is 0 Å². The first-order valence-corrected chi connectivity index (χ1v) is 8.02. The zero-order chi connectivity index (χ0) is 18.2. The van der Waals surface area contributed by atoms with E-state index < -0.39 is 17.5 Å². The van der Waals surface area contributed by atoms with Gasteiger partial charge in [-0.2, -0.15) is 0 Å². The van der Waals surface area contributed by atoms with Crippen molar-refractivity contribution >= 4 is 17.5 Å². The Morgan fingerprint density at radius 2 is 1.88 bits per heavy atom. The average Bonchev–Trinajstić information content (AvgIpc) is 2.61. The van der Waals surface area contributed by atoms with Gasteiger partial charge in [-0.25, -0.2) is 8.78 Å². The molecule has 2 aromatic rings. The zero-order valence-corrected chi connectivity index (χ0v) is 13.8. The van der Waals surface area contributed by atoms with Crippen LogP contribution in [0, 0.1) is 11.6 Å². The van der Waals surface area contributed by atoms with E-state index >= 15 is 0 Å². The molecule has 25 heavy (non-hydrogen) atoms. The number of carbonyl (C=O) groups is 2. The lowest BCUT2D eigenvalue weighted by Crippen LogP contribution is -2.25. The van der Waals surface area contributed by atoms with Crippen LogP contribution in [-0.2, 0) is 0 Å². The number of amides is 2. The van der Waals surface area contributed by atoms with Gasteiger partial charge in [0.25, 0.3) is 11.8 Å². The summed E-state index contributed by atoms with van der Waals surface area (Å²) in [5.74, 6) is -2.62. The fourth-order valence-electron chi connectivity index (χ4n) is 2.15. The summed E-state index contributed by atoms with van der Waals surface area (Å²) in [5.41, 5.74) is 0.0868. The first-order valence-electron chi connectivity index (χ1n) is 8.02. The second kappa shape index (κ2) is 8.86. The highest BCUT2D eigenvalue weighted by Gasteiger charge is 2.14. The molecule has 0 atom stereocenters. The molecule has 0 radical (unpaired) electrons. The first-order chi connectivity index (χ1) is 12.0. The summed E-state index contributed by atoms with van der Waals surface area (Å²) in [6.45, 7) is 2.62. The minimum atomic E-state index is -0.891. The molecule has 0 spiro atoms. The highest BCUT2D eigenvalue weighted by molar-refractivity contribution is 6.04. The average molecular weight is 347 g/mol. The predicted molar refractivity (Wildman–Crippen MR) is 90.4 cm³/mol. The number of nitrogens with one attached hydrogen (secondary N) is 2. The Kier molecular flexibility index (Phi) is 6.56. The molecule has 0 aliphatic rings. The maximum Gasteiger partial charge on any atom is 0.274 e. The molecule has 2 N–H and O–H groups in total. The van der Waals surface area contributed by atoms with Crippen molar-refractivity contribution in [3.63, 3.8) is 0 Å². The van der Waals surface area contributed by atoms with Crippen LogP contribution in [0.2, 0.25) is 0 Å². The van der Waals surface area contributed by atoms with E-state index in [-0.39, 0.29) is 22.9 Å². The molecule has 2 rings (SSSR count). The number of hydrogen-bond donors (Lipinski definition) is 2. The van der Waals surface area contributed by atoms with E-state index in [1.165, 1.54) is 18.3 Å². The molecule has 132 valence electrons. The summed E-state index contributed by atoms with van der Waals surface area (Å²) >= 11 is 0. The highest BCUT2D eigenvalue weighted by atomic mass is 19.1. The fourth-order valence-corrected chi connectivity index (χ4v) is 2.15. The molecule has 5 nitrogen and oxygen atoms in total. The maximum atomic E-state index is 13.6. The molecule has 1 heterocycles. The monoisotopic (exact) mass is 347 g/mol. The highest BCUT2D eigenvalue weighted by Crippen LogP contribution is 2.16. The lowest BCUT2D eigenvalue weighted by atomic mass is 10.2. The van der Waals surface area contributed by atoms with Gasteiger partial charge in [0.1, 0.15) is 17.3 Å². The third-order valence-electron chi connectivity index (χ3n) is 3.50. The number of benzene rings is 1. The normalized spacial score (nSPS) is 10.4. The van der Waals surface area contributed by atoms with E-state index in [0.29, 0.717) is 12.6 Å². The molecular weight excluding hydrogens is 328 g/mol. The predicted octanol–water partition coefficient (Wildman–Crippen LogP) is 3.53. The third kappa shape index (κ3) is 5.34. The molecule has 0 aliphatic carbocycles. The number of halogens is 2. The molecule has 0 saturated carbocycles. The molecule has 2 amide bonds. The quantitative estimate of drug-likeness (QED) is 0.753. The number of unbranched alkanes of at least 4 members (excludes halogenated alkanes) is 2. The van der Waals surface area contributed by atoms with E-state index in [2.05, 4.69) is 22.5 Å². The second-order valence-electron chi connectivity index (χ2n) is 5.47. The standard InChI is InChI=1S/C18H19F2N3O2/c1-2-3-4-8-22-17(24)12-7-9-21-16(10-12)18(25)23-15-6-5-13(19)11-14(15)20/h5-7,9-11H,2-4,8H2,1H3,(H,22,24)(H,23,25). The molecule has 0 unspecified atom stereocenters. The Bertz CT molecular complexity index is 766. The molecule has 1 aromatic carbocycles. The van der Waals surface area contributed by atoms with Gasteiger partial charge in [0, 0.05) is 24.4 Å². The van der Waals surface area contributed by atoms with Gasteiger partial charge in [-0.05, 0) is 30.7 Å². The molecule has 0 aliphatic heterocycles. The van der Waals surface area contributed by atoms with Gasteiger partial charge in [-0.15, -0.1) is 0 Å². The minimum absolute atomic E-state index is 0.0371. The number of carbonyl (C=O) groups excluding carboxylic acids is 2. The van der Waals surface area contributed by atoms with Crippen molar-refractivity contribution in [2.24, 2.45) is 0 Å². The van der Waals surface area contributed by atoms with Crippen molar-refractivity contribution in [1.82, 2.24) is 10.3 Å². The van der Waals surface area contributed by atoms with Gasteiger partial charge in [0.15, 0.2) is 0 Å². The van der Waals surface area contributed by atoms with E-state index in [1.54, 1.807) is 0 Å². The van der Waals surface area contributed by atoms with Crippen LogP contribution in [-0.4, -0.2) is 23.3 Å². The molecule has 7 heteroatoms. The smallest absolute Gasteiger partial charge is 0.274 e. The molecule has 1 aromatic heterocycles. The number of nitrogens with zero attached hydrogens (tertiary/aromatic N) is 1. The van der Waals surface area contributed by atoms with Crippen molar-refractivity contribution in [2.75, 3.05) is 11.9 Å². The van der Waals surface area contributed by atoms with Crippen molar-refractivity contribution in [3.05, 3.63) is 59.4 Å². The van der Waals surface area contributed by atoms with E-state index in [1.807, 2.05) is 0 Å². The SMILES string of the molecule is CCCCCNC(=O)c1ccnc(C(=O)Nc2ccc(F)cc2F)c1. The van der Waals surface area contributed by atoms with Crippen LogP contribution in [0.1, 0.15) is 47.0 Å². The van der Waals surface area contributed by atoms with E-state index in [0.717, 1.165) is 31.4 Å².